The monoisotopic (exact) mass is 268 g/mol. The Morgan fingerprint density at radius 1 is 1.37 bits per heavy atom. The Kier molecular flexibility index (Phi) is 3.06. The van der Waals surface area contributed by atoms with Crippen LogP contribution in [0.5, 0.6) is 0 Å². The van der Waals surface area contributed by atoms with Crippen LogP contribution >= 0.6 is 0 Å². The van der Waals surface area contributed by atoms with Gasteiger partial charge in [0.15, 0.2) is 0 Å². The lowest BCUT2D eigenvalue weighted by Crippen LogP contribution is -2.53. The van der Waals surface area contributed by atoms with Crippen LogP contribution in [0.25, 0.3) is 0 Å². The Morgan fingerprint density at radius 3 is 2.63 bits per heavy atom. The topological polar surface area (TPSA) is 65.5 Å². The maximum Gasteiger partial charge on any atom is 0.101 e. The van der Waals surface area contributed by atoms with Crippen molar-refractivity contribution in [3.05, 3.63) is 11.6 Å². The van der Waals surface area contributed by atoms with Crippen LogP contribution in [-0.2, 0) is 9.47 Å². The van der Waals surface area contributed by atoms with Gasteiger partial charge in [0, 0.05) is 0 Å². The van der Waals surface area contributed by atoms with Crippen molar-refractivity contribution in [1.82, 2.24) is 0 Å². The van der Waals surface area contributed by atoms with Gasteiger partial charge >= 0.3 is 0 Å². The van der Waals surface area contributed by atoms with E-state index in [0.29, 0.717) is 13.0 Å². The molecule has 3 rings (SSSR count). The number of allylic oxidation sites excluding steroid dienone is 1. The first-order valence-electron chi connectivity index (χ1n) is 7.20. The molecule has 0 bridgehead atoms. The Hall–Kier alpha value is -0.420. The predicted molar refractivity (Wildman–Crippen MR) is 70.7 cm³/mol. The van der Waals surface area contributed by atoms with Crippen LogP contribution in [0.2, 0.25) is 0 Å². The van der Waals surface area contributed by atoms with E-state index in [4.69, 9.17) is 9.47 Å². The van der Waals surface area contributed by atoms with E-state index in [1.54, 1.807) is 0 Å². The Labute approximate surface area is 114 Å². The summed E-state index contributed by atoms with van der Waals surface area (Å²) in [6, 6.07) is 0. The third kappa shape index (κ3) is 2.15. The lowest BCUT2D eigenvalue weighted by Gasteiger charge is -2.39. The van der Waals surface area contributed by atoms with Crippen molar-refractivity contribution in [2.75, 3.05) is 6.61 Å². The van der Waals surface area contributed by atoms with E-state index in [-0.39, 0.29) is 23.2 Å². The lowest BCUT2D eigenvalue weighted by atomic mass is 9.68. The summed E-state index contributed by atoms with van der Waals surface area (Å²) in [7, 11) is 0. The molecule has 19 heavy (non-hydrogen) atoms. The third-order valence-electron chi connectivity index (χ3n) is 5.02. The standard InChI is InChI=1S/C15H24O4/c1-9(2)4-5-11-14(3,19-11)13-12(17)10(16)6-7-15(13)8-18-15/h4,10-13,16-17H,5-8H2,1-3H3/t10-,11-,12-,13-,14-,15+/m1/s1. The van der Waals surface area contributed by atoms with Gasteiger partial charge in [0.25, 0.3) is 0 Å². The molecule has 0 aromatic heterocycles. The van der Waals surface area contributed by atoms with Crippen LogP contribution in [0.4, 0.5) is 0 Å². The summed E-state index contributed by atoms with van der Waals surface area (Å²) < 4.78 is 11.5. The smallest absolute Gasteiger partial charge is 0.101 e. The molecule has 2 saturated heterocycles. The number of ether oxygens (including phenoxy) is 2. The van der Waals surface area contributed by atoms with Crippen molar-refractivity contribution in [3.63, 3.8) is 0 Å². The number of rotatable bonds is 3. The molecule has 0 aromatic carbocycles. The first-order chi connectivity index (χ1) is 8.89. The van der Waals surface area contributed by atoms with Crippen molar-refractivity contribution in [2.45, 2.75) is 69.5 Å². The largest absolute Gasteiger partial charge is 0.390 e. The van der Waals surface area contributed by atoms with Crippen molar-refractivity contribution in [2.24, 2.45) is 5.92 Å². The number of aliphatic hydroxyl groups excluding tert-OH is 2. The van der Waals surface area contributed by atoms with E-state index < -0.39 is 12.2 Å². The van der Waals surface area contributed by atoms with Gasteiger partial charge in [0.2, 0.25) is 0 Å². The highest BCUT2D eigenvalue weighted by Crippen LogP contribution is 2.58. The molecule has 108 valence electrons. The van der Waals surface area contributed by atoms with Gasteiger partial charge in [0.1, 0.15) is 5.60 Å². The molecule has 3 fully saturated rings. The summed E-state index contributed by atoms with van der Waals surface area (Å²) in [5.74, 6) is -0.112. The van der Waals surface area contributed by atoms with Crippen LogP contribution in [0.3, 0.4) is 0 Å². The molecule has 2 N–H and O–H groups in total. The Bertz CT molecular complexity index is 397. The fraction of sp³-hybridized carbons (Fsp3) is 0.867. The molecule has 1 saturated carbocycles. The molecule has 1 aliphatic carbocycles. The summed E-state index contributed by atoms with van der Waals surface area (Å²) >= 11 is 0. The normalized spacial score (nSPS) is 52.1. The minimum Gasteiger partial charge on any atom is -0.390 e. The van der Waals surface area contributed by atoms with Crippen LogP contribution in [-0.4, -0.2) is 46.3 Å². The average molecular weight is 268 g/mol. The van der Waals surface area contributed by atoms with Gasteiger partial charge in [-0.15, -0.1) is 0 Å². The lowest BCUT2D eigenvalue weighted by molar-refractivity contribution is -0.0976. The van der Waals surface area contributed by atoms with E-state index in [1.165, 1.54) is 5.57 Å². The number of aliphatic hydroxyl groups is 2. The Balaban J connectivity index is 1.75. The quantitative estimate of drug-likeness (QED) is 0.600. The van der Waals surface area contributed by atoms with Gasteiger partial charge in [-0.3, -0.25) is 0 Å². The highest BCUT2D eigenvalue weighted by atomic mass is 16.6. The first kappa shape index (κ1) is 13.6. The van der Waals surface area contributed by atoms with Crippen LogP contribution in [0, 0.1) is 5.92 Å². The van der Waals surface area contributed by atoms with Crippen molar-refractivity contribution in [3.8, 4) is 0 Å². The number of hydrogen-bond donors (Lipinski definition) is 2. The van der Waals surface area contributed by atoms with Crippen LogP contribution in [0.15, 0.2) is 11.6 Å². The second-order valence-corrected chi connectivity index (χ2v) is 6.74. The van der Waals surface area contributed by atoms with E-state index in [0.717, 1.165) is 12.8 Å². The molecular formula is C15H24O4. The summed E-state index contributed by atoms with van der Waals surface area (Å²) in [6.07, 6.45) is 3.23. The first-order valence-corrected chi connectivity index (χ1v) is 7.20. The van der Waals surface area contributed by atoms with Crippen LogP contribution < -0.4 is 0 Å². The third-order valence-corrected chi connectivity index (χ3v) is 5.02. The molecule has 1 spiro atoms. The summed E-state index contributed by atoms with van der Waals surface area (Å²) in [6.45, 7) is 6.89. The molecule has 4 nitrogen and oxygen atoms in total. The SMILES string of the molecule is CC(C)=CC[C@H]1O[C@@]1(C)[C@H]1[C@H](O)[C@H](O)CC[C@]12CO2. The molecule has 2 heterocycles. The molecule has 6 atom stereocenters. The molecule has 0 aromatic rings. The predicted octanol–water partition coefficient (Wildman–Crippen LogP) is 1.40. The van der Waals surface area contributed by atoms with Gasteiger partial charge in [-0.05, 0) is 40.0 Å². The van der Waals surface area contributed by atoms with E-state index >= 15 is 0 Å². The fourth-order valence-corrected chi connectivity index (χ4v) is 3.70. The molecule has 0 amide bonds. The maximum atomic E-state index is 10.4. The molecule has 3 aliphatic rings. The van der Waals surface area contributed by atoms with E-state index in [9.17, 15) is 10.2 Å². The van der Waals surface area contributed by atoms with Crippen LogP contribution in [0.1, 0.15) is 40.0 Å². The second kappa shape index (κ2) is 4.29. The molecule has 4 heteroatoms. The zero-order valence-electron chi connectivity index (χ0n) is 11.9. The summed E-state index contributed by atoms with van der Waals surface area (Å²) in [5, 5.41) is 20.3. The zero-order valence-corrected chi connectivity index (χ0v) is 11.9. The van der Waals surface area contributed by atoms with Gasteiger partial charge in [-0.1, -0.05) is 11.6 Å². The van der Waals surface area contributed by atoms with Gasteiger partial charge < -0.3 is 19.7 Å². The van der Waals surface area contributed by atoms with Crippen molar-refractivity contribution >= 4 is 0 Å². The van der Waals surface area contributed by atoms with Crippen molar-refractivity contribution < 1.29 is 19.7 Å². The molecule has 0 radical (unpaired) electrons. The minimum absolute atomic E-state index is 0.112. The average Bonchev–Trinajstić information content (AvgIpc) is 3.22. The molecule has 0 unspecified atom stereocenters. The van der Waals surface area contributed by atoms with Gasteiger partial charge in [-0.2, -0.15) is 0 Å². The summed E-state index contributed by atoms with van der Waals surface area (Å²) in [5.41, 5.74) is 0.676. The zero-order chi connectivity index (χ0) is 13.8. The number of hydrogen-bond acceptors (Lipinski definition) is 4. The molecule has 2 aliphatic heterocycles. The molecular weight excluding hydrogens is 244 g/mol. The van der Waals surface area contributed by atoms with Crippen molar-refractivity contribution in [1.29, 1.82) is 0 Å². The van der Waals surface area contributed by atoms with Gasteiger partial charge in [0.05, 0.1) is 36.4 Å². The number of epoxide rings is 2. The maximum absolute atomic E-state index is 10.4. The Morgan fingerprint density at radius 2 is 2.05 bits per heavy atom. The highest BCUT2D eigenvalue weighted by Gasteiger charge is 2.71. The van der Waals surface area contributed by atoms with Gasteiger partial charge in [-0.25, -0.2) is 0 Å². The summed E-state index contributed by atoms with van der Waals surface area (Å²) in [4.78, 5) is 0. The highest BCUT2D eigenvalue weighted by molar-refractivity contribution is 5.20. The van der Waals surface area contributed by atoms with E-state index in [2.05, 4.69) is 19.9 Å². The second-order valence-electron chi connectivity index (χ2n) is 6.74. The van der Waals surface area contributed by atoms with E-state index in [1.807, 2.05) is 6.92 Å². The minimum atomic E-state index is -0.738. The fourth-order valence-electron chi connectivity index (χ4n) is 3.70.